The standard InChI is InChI=1S/C9H11N.C8H6ClN3/c10-9-5-4-7-2-1-3-8(7)6-9;9-5-1-2-6-7(3-5)11-4-12-8(6)10/h4-6H,1-3,10H2;1-4H,(H2,10,11,12). The highest BCUT2D eigenvalue weighted by Crippen LogP contribution is 2.23. The molecule has 0 unspecified atom stereocenters. The summed E-state index contributed by atoms with van der Waals surface area (Å²) in [6.07, 6.45) is 5.20. The predicted molar refractivity (Wildman–Crippen MR) is 91.8 cm³/mol. The van der Waals surface area contributed by atoms with Crippen molar-refractivity contribution in [2.75, 3.05) is 11.5 Å². The molecular weight excluding hydrogens is 296 g/mol. The van der Waals surface area contributed by atoms with E-state index in [1.165, 1.54) is 36.7 Å². The number of nitrogen functional groups attached to an aromatic ring is 2. The van der Waals surface area contributed by atoms with Crippen molar-refractivity contribution in [3.05, 3.63) is 58.9 Å². The molecule has 1 aromatic heterocycles. The van der Waals surface area contributed by atoms with Crippen molar-refractivity contribution in [1.29, 1.82) is 0 Å². The van der Waals surface area contributed by atoms with E-state index in [-0.39, 0.29) is 0 Å². The van der Waals surface area contributed by atoms with Crippen LogP contribution in [0, 0.1) is 0 Å². The van der Waals surface area contributed by atoms with Crippen molar-refractivity contribution < 1.29 is 0 Å². The summed E-state index contributed by atoms with van der Waals surface area (Å²) in [6.45, 7) is 0. The van der Waals surface area contributed by atoms with Crippen LogP contribution in [0.2, 0.25) is 5.02 Å². The van der Waals surface area contributed by atoms with Crippen LogP contribution in [0.25, 0.3) is 10.9 Å². The first-order valence-electron chi connectivity index (χ1n) is 7.16. The van der Waals surface area contributed by atoms with Crippen LogP contribution in [0.3, 0.4) is 0 Å². The molecule has 0 radical (unpaired) electrons. The quantitative estimate of drug-likeness (QED) is 0.621. The molecule has 1 heterocycles. The Balaban J connectivity index is 0.000000133. The lowest BCUT2D eigenvalue weighted by Gasteiger charge is -1.98. The minimum atomic E-state index is 0.483. The highest BCUT2D eigenvalue weighted by molar-refractivity contribution is 6.31. The Morgan fingerprint density at radius 3 is 2.59 bits per heavy atom. The number of hydrogen-bond acceptors (Lipinski definition) is 4. The third-order valence-corrected chi connectivity index (χ3v) is 3.99. The first-order chi connectivity index (χ1) is 10.6. The van der Waals surface area contributed by atoms with E-state index in [1.807, 2.05) is 12.1 Å². The summed E-state index contributed by atoms with van der Waals surface area (Å²) in [5.41, 5.74) is 15.9. The number of halogens is 1. The minimum Gasteiger partial charge on any atom is -0.399 e. The Labute approximate surface area is 134 Å². The zero-order valence-electron chi connectivity index (χ0n) is 12.1. The monoisotopic (exact) mass is 312 g/mol. The molecule has 5 heteroatoms. The summed E-state index contributed by atoms with van der Waals surface area (Å²) in [4.78, 5) is 7.89. The largest absolute Gasteiger partial charge is 0.399 e. The molecule has 0 bridgehead atoms. The van der Waals surface area contributed by atoms with Crippen LogP contribution in [0.1, 0.15) is 17.5 Å². The fourth-order valence-electron chi connectivity index (χ4n) is 2.64. The number of nitrogens with two attached hydrogens (primary N) is 2. The Morgan fingerprint density at radius 2 is 1.73 bits per heavy atom. The molecule has 3 aromatic rings. The molecule has 2 aromatic carbocycles. The molecule has 0 saturated heterocycles. The fraction of sp³-hybridized carbons (Fsp3) is 0.176. The SMILES string of the molecule is Nc1ccc2c(c1)CCC2.Nc1ncnc2cc(Cl)ccc12. The molecule has 112 valence electrons. The second-order valence-corrected chi connectivity index (χ2v) is 5.74. The number of benzene rings is 2. The van der Waals surface area contributed by atoms with Crippen molar-refractivity contribution in [1.82, 2.24) is 9.97 Å². The molecule has 0 spiro atoms. The molecule has 4 N–H and O–H groups in total. The molecule has 0 atom stereocenters. The molecule has 22 heavy (non-hydrogen) atoms. The lowest BCUT2D eigenvalue weighted by atomic mass is 10.1. The Hall–Kier alpha value is -2.33. The lowest BCUT2D eigenvalue weighted by Crippen LogP contribution is -1.92. The van der Waals surface area contributed by atoms with Crippen LogP contribution < -0.4 is 11.5 Å². The van der Waals surface area contributed by atoms with Crippen LogP contribution in [0.4, 0.5) is 11.5 Å². The van der Waals surface area contributed by atoms with Gasteiger partial charge in [0.1, 0.15) is 12.1 Å². The zero-order valence-corrected chi connectivity index (χ0v) is 12.8. The second kappa shape index (κ2) is 6.20. The van der Waals surface area contributed by atoms with E-state index >= 15 is 0 Å². The van der Waals surface area contributed by atoms with Gasteiger partial charge in [0.05, 0.1) is 5.52 Å². The van der Waals surface area contributed by atoms with Gasteiger partial charge >= 0.3 is 0 Å². The first-order valence-corrected chi connectivity index (χ1v) is 7.54. The van der Waals surface area contributed by atoms with Gasteiger partial charge in [-0.3, -0.25) is 0 Å². The third kappa shape index (κ3) is 3.12. The summed E-state index contributed by atoms with van der Waals surface area (Å²) in [6, 6.07) is 11.6. The van der Waals surface area contributed by atoms with E-state index in [0.29, 0.717) is 10.8 Å². The fourth-order valence-corrected chi connectivity index (χ4v) is 2.81. The summed E-state index contributed by atoms with van der Waals surface area (Å²) in [5, 5.41) is 1.49. The number of fused-ring (bicyclic) bond motifs is 2. The number of aromatic nitrogens is 2. The van der Waals surface area contributed by atoms with Gasteiger partial charge < -0.3 is 11.5 Å². The average Bonchev–Trinajstić information content (AvgIpc) is 2.95. The number of nitrogens with zero attached hydrogens (tertiary/aromatic N) is 2. The molecule has 0 aliphatic heterocycles. The molecule has 1 aliphatic carbocycles. The number of hydrogen-bond donors (Lipinski definition) is 2. The highest BCUT2D eigenvalue weighted by atomic mass is 35.5. The van der Waals surface area contributed by atoms with Gasteiger partial charge in [-0.05, 0) is 60.7 Å². The summed E-state index contributed by atoms with van der Waals surface area (Å²) in [7, 11) is 0. The van der Waals surface area contributed by atoms with Crippen LogP contribution in [0.5, 0.6) is 0 Å². The van der Waals surface area contributed by atoms with Crippen LogP contribution in [-0.4, -0.2) is 9.97 Å². The Morgan fingerprint density at radius 1 is 0.909 bits per heavy atom. The third-order valence-electron chi connectivity index (χ3n) is 3.75. The zero-order chi connectivity index (χ0) is 15.5. The molecule has 4 rings (SSSR count). The highest BCUT2D eigenvalue weighted by Gasteiger charge is 2.09. The van der Waals surface area contributed by atoms with Gasteiger partial charge in [-0.25, -0.2) is 9.97 Å². The maximum Gasteiger partial charge on any atom is 0.134 e. The van der Waals surface area contributed by atoms with Gasteiger partial charge in [0.15, 0.2) is 0 Å². The van der Waals surface area contributed by atoms with E-state index < -0.39 is 0 Å². The minimum absolute atomic E-state index is 0.483. The normalized spacial score (nSPS) is 12.6. The Bertz CT molecular complexity index is 817. The van der Waals surface area contributed by atoms with Crippen molar-refractivity contribution in [2.24, 2.45) is 0 Å². The number of rotatable bonds is 0. The smallest absolute Gasteiger partial charge is 0.134 e. The predicted octanol–water partition coefficient (Wildman–Crippen LogP) is 3.62. The molecule has 0 amide bonds. The molecule has 4 nitrogen and oxygen atoms in total. The van der Waals surface area contributed by atoms with Crippen molar-refractivity contribution in [3.8, 4) is 0 Å². The summed E-state index contributed by atoms with van der Waals surface area (Å²) >= 11 is 5.77. The van der Waals surface area contributed by atoms with E-state index in [0.717, 1.165) is 16.6 Å². The van der Waals surface area contributed by atoms with Gasteiger partial charge in [0.2, 0.25) is 0 Å². The van der Waals surface area contributed by atoms with Crippen LogP contribution in [-0.2, 0) is 12.8 Å². The Kier molecular flexibility index (Phi) is 4.11. The first kappa shape index (κ1) is 14.6. The van der Waals surface area contributed by atoms with E-state index in [1.54, 1.807) is 12.1 Å². The van der Waals surface area contributed by atoms with Gasteiger partial charge in [-0.2, -0.15) is 0 Å². The van der Waals surface area contributed by atoms with Crippen molar-refractivity contribution in [2.45, 2.75) is 19.3 Å². The van der Waals surface area contributed by atoms with Gasteiger partial charge in [0, 0.05) is 16.1 Å². The average molecular weight is 313 g/mol. The molecule has 1 aliphatic rings. The van der Waals surface area contributed by atoms with Crippen LogP contribution >= 0.6 is 11.6 Å². The molecular formula is C17H17ClN4. The van der Waals surface area contributed by atoms with Crippen molar-refractivity contribution >= 4 is 34.0 Å². The van der Waals surface area contributed by atoms with E-state index in [9.17, 15) is 0 Å². The molecule has 0 fully saturated rings. The maximum atomic E-state index is 5.77. The van der Waals surface area contributed by atoms with Gasteiger partial charge in [-0.1, -0.05) is 17.7 Å². The maximum absolute atomic E-state index is 5.77. The van der Waals surface area contributed by atoms with Gasteiger partial charge in [0.25, 0.3) is 0 Å². The number of aryl methyl sites for hydroxylation is 2. The van der Waals surface area contributed by atoms with E-state index in [2.05, 4.69) is 22.1 Å². The van der Waals surface area contributed by atoms with Crippen LogP contribution in [0.15, 0.2) is 42.7 Å². The van der Waals surface area contributed by atoms with E-state index in [4.69, 9.17) is 23.1 Å². The topological polar surface area (TPSA) is 77.8 Å². The number of anilines is 2. The summed E-state index contributed by atoms with van der Waals surface area (Å²) in [5.74, 6) is 0.483. The van der Waals surface area contributed by atoms with Crippen molar-refractivity contribution in [3.63, 3.8) is 0 Å². The lowest BCUT2D eigenvalue weighted by molar-refractivity contribution is 0.912. The molecule has 0 saturated carbocycles. The summed E-state index contributed by atoms with van der Waals surface area (Å²) < 4.78 is 0. The van der Waals surface area contributed by atoms with Gasteiger partial charge in [-0.15, -0.1) is 0 Å². The second-order valence-electron chi connectivity index (χ2n) is 5.30.